The van der Waals surface area contributed by atoms with Gasteiger partial charge in [-0.25, -0.2) is 0 Å². The summed E-state index contributed by atoms with van der Waals surface area (Å²) >= 11 is 0. The number of hydrogen-bond donors (Lipinski definition) is 1. The van der Waals surface area contributed by atoms with Gasteiger partial charge in [-0.15, -0.1) is 0 Å². The Bertz CT molecular complexity index is 523. The van der Waals surface area contributed by atoms with Crippen LogP contribution >= 0.6 is 0 Å². The van der Waals surface area contributed by atoms with Crippen molar-refractivity contribution in [2.45, 2.75) is 13.8 Å². The van der Waals surface area contributed by atoms with Crippen LogP contribution in [0.15, 0.2) is 55.1 Å². The van der Waals surface area contributed by atoms with Crippen molar-refractivity contribution >= 4 is 11.4 Å². The predicted octanol–water partition coefficient (Wildman–Crippen LogP) is 4.39. The van der Waals surface area contributed by atoms with E-state index in [9.17, 15) is 0 Å². The Balaban J connectivity index is 2.17. The molecule has 1 N–H and O–H groups in total. The summed E-state index contributed by atoms with van der Waals surface area (Å²) in [5.41, 5.74) is 5.65. The molecule has 0 radical (unpaired) electrons. The number of para-hydroxylation sites is 1. The molecule has 0 bridgehead atoms. The summed E-state index contributed by atoms with van der Waals surface area (Å²) in [7, 11) is 0. The van der Waals surface area contributed by atoms with E-state index in [-0.39, 0.29) is 0 Å². The molecule has 17 heavy (non-hydrogen) atoms. The van der Waals surface area contributed by atoms with Crippen LogP contribution < -0.4 is 5.32 Å². The second-order valence-electron chi connectivity index (χ2n) is 4.28. The molecule has 86 valence electrons. The second kappa shape index (κ2) is 4.88. The molecule has 2 aromatic carbocycles. The van der Waals surface area contributed by atoms with Gasteiger partial charge in [-0.05, 0) is 31.0 Å². The highest BCUT2D eigenvalue weighted by atomic mass is 14.9. The lowest BCUT2D eigenvalue weighted by Crippen LogP contribution is -1.98. The highest BCUT2D eigenvalue weighted by Gasteiger charge is 2.01. The first kappa shape index (κ1) is 11.5. The lowest BCUT2D eigenvalue weighted by atomic mass is 10.1. The van der Waals surface area contributed by atoms with Gasteiger partial charge in [0.05, 0.1) is 0 Å². The zero-order chi connectivity index (χ0) is 12.3. The fourth-order valence-electron chi connectivity index (χ4n) is 1.70. The summed E-state index contributed by atoms with van der Waals surface area (Å²) in [6.07, 6.45) is 0. The van der Waals surface area contributed by atoms with Crippen molar-refractivity contribution in [1.82, 2.24) is 0 Å². The number of anilines is 1. The second-order valence-corrected chi connectivity index (χ2v) is 4.28. The van der Waals surface area contributed by atoms with Crippen LogP contribution in [0.2, 0.25) is 0 Å². The molecule has 1 heteroatoms. The SMILES string of the molecule is C=C(Nc1ccccc1C)c1ccc(C)cc1. The summed E-state index contributed by atoms with van der Waals surface area (Å²) in [6, 6.07) is 16.6. The van der Waals surface area contributed by atoms with Crippen molar-refractivity contribution in [3.8, 4) is 0 Å². The van der Waals surface area contributed by atoms with Gasteiger partial charge < -0.3 is 5.32 Å². The first-order valence-corrected chi connectivity index (χ1v) is 5.75. The highest BCUT2D eigenvalue weighted by Crippen LogP contribution is 2.20. The van der Waals surface area contributed by atoms with Crippen molar-refractivity contribution in [3.05, 3.63) is 71.8 Å². The standard InChI is InChI=1S/C16H17N/c1-12-8-10-15(11-9-12)14(3)17-16-7-5-4-6-13(16)2/h4-11,17H,3H2,1-2H3. The molecule has 0 fully saturated rings. The zero-order valence-corrected chi connectivity index (χ0v) is 10.3. The van der Waals surface area contributed by atoms with E-state index in [2.05, 4.69) is 62.1 Å². The molecule has 2 aromatic rings. The summed E-state index contributed by atoms with van der Waals surface area (Å²) in [6.45, 7) is 8.25. The van der Waals surface area contributed by atoms with Crippen LogP contribution in [0.4, 0.5) is 5.69 Å². The van der Waals surface area contributed by atoms with Gasteiger partial charge in [0.1, 0.15) is 0 Å². The van der Waals surface area contributed by atoms with E-state index in [0.29, 0.717) is 0 Å². The molecule has 0 saturated heterocycles. The molecular weight excluding hydrogens is 206 g/mol. The number of nitrogens with one attached hydrogen (secondary N) is 1. The molecule has 0 aliphatic heterocycles. The lowest BCUT2D eigenvalue weighted by Gasteiger charge is -2.12. The largest absolute Gasteiger partial charge is 0.355 e. The topological polar surface area (TPSA) is 12.0 Å². The third-order valence-corrected chi connectivity index (χ3v) is 2.83. The number of aryl methyl sites for hydroxylation is 2. The van der Waals surface area contributed by atoms with Gasteiger partial charge in [0.15, 0.2) is 0 Å². The quantitative estimate of drug-likeness (QED) is 0.814. The maximum Gasteiger partial charge on any atom is 0.0413 e. The third kappa shape index (κ3) is 2.76. The molecule has 0 aromatic heterocycles. The third-order valence-electron chi connectivity index (χ3n) is 2.83. The van der Waals surface area contributed by atoms with Gasteiger partial charge in [0, 0.05) is 11.4 Å². The Kier molecular flexibility index (Phi) is 3.29. The van der Waals surface area contributed by atoms with Gasteiger partial charge in [0.2, 0.25) is 0 Å². The molecule has 2 rings (SSSR count). The molecule has 0 atom stereocenters. The van der Waals surface area contributed by atoms with E-state index in [0.717, 1.165) is 16.9 Å². The smallest absolute Gasteiger partial charge is 0.0413 e. The summed E-state index contributed by atoms with van der Waals surface area (Å²) in [5.74, 6) is 0. The summed E-state index contributed by atoms with van der Waals surface area (Å²) in [5, 5.41) is 3.35. The van der Waals surface area contributed by atoms with Crippen molar-refractivity contribution in [2.75, 3.05) is 5.32 Å². The maximum atomic E-state index is 4.08. The van der Waals surface area contributed by atoms with Crippen LogP contribution in [0.25, 0.3) is 5.70 Å². The molecule has 0 amide bonds. The molecular formula is C16H17N. The van der Waals surface area contributed by atoms with Crippen molar-refractivity contribution in [1.29, 1.82) is 0 Å². The number of hydrogen-bond acceptors (Lipinski definition) is 1. The Morgan fingerprint density at radius 1 is 0.941 bits per heavy atom. The fourth-order valence-corrected chi connectivity index (χ4v) is 1.70. The van der Waals surface area contributed by atoms with E-state index in [1.807, 2.05) is 12.1 Å². The van der Waals surface area contributed by atoms with E-state index >= 15 is 0 Å². The number of benzene rings is 2. The normalized spacial score (nSPS) is 10.0. The molecule has 0 unspecified atom stereocenters. The van der Waals surface area contributed by atoms with Gasteiger partial charge in [-0.1, -0.05) is 54.6 Å². The minimum Gasteiger partial charge on any atom is -0.355 e. The molecule has 0 saturated carbocycles. The van der Waals surface area contributed by atoms with Gasteiger partial charge in [-0.3, -0.25) is 0 Å². The molecule has 0 aliphatic rings. The van der Waals surface area contributed by atoms with Gasteiger partial charge in [-0.2, -0.15) is 0 Å². The Morgan fingerprint density at radius 2 is 1.59 bits per heavy atom. The van der Waals surface area contributed by atoms with Crippen LogP contribution in [-0.2, 0) is 0 Å². The average Bonchev–Trinajstić information content (AvgIpc) is 2.33. The average molecular weight is 223 g/mol. The van der Waals surface area contributed by atoms with Crippen molar-refractivity contribution < 1.29 is 0 Å². The molecule has 0 aliphatic carbocycles. The van der Waals surface area contributed by atoms with Crippen LogP contribution in [0.1, 0.15) is 16.7 Å². The molecule has 0 heterocycles. The molecule has 1 nitrogen and oxygen atoms in total. The Hall–Kier alpha value is -2.02. The minimum atomic E-state index is 0.930. The van der Waals surface area contributed by atoms with E-state index < -0.39 is 0 Å². The predicted molar refractivity (Wildman–Crippen MR) is 75.0 cm³/mol. The van der Waals surface area contributed by atoms with E-state index in [1.54, 1.807) is 0 Å². The van der Waals surface area contributed by atoms with E-state index in [4.69, 9.17) is 0 Å². The first-order valence-electron chi connectivity index (χ1n) is 5.75. The summed E-state index contributed by atoms with van der Waals surface area (Å²) in [4.78, 5) is 0. The van der Waals surface area contributed by atoms with Gasteiger partial charge in [0.25, 0.3) is 0 Å². The van der Waals surface area contributed by atoms with Crippen molar-refractivity contribution in [3.63, 3.8) is 0 Å². The van der Waals surface area contributed by atoms with Crippen LogP contribution in [-0.4, -0.2) is 0 Å². The Morgan fingerprint density at radius 3 is 2.24 bits per heavy atom. The van der Waals surface area contributed by atoms with Crippen molar-refractivity contribution in [2.24, 2.45) is 0 Å². The van der Waals surface area contributed by atoms with Gasteiger partial charge >= 0.3 is 0 Å². The monoisotopic (exact) mass is 223 g/mol. The maximum absolute atomic E-state index is 4.08. The van der Waals surface area contributed by atoms with Crippen LogP contribution in [0, 0.1) is 13.8 Å². The first-order chi connectivity index (χ1) is 8.16. The van der Waals surface area contributed by atoms with E-state index in [1.165, 1.54) is 11.1 Å². The number of rotatable bonds is 3. The molecule has 0 spiro atoms. The highest BCUT2D eigenvalue weighted by molar-refractivity contribution is 5.76. The van der Waals surface area contributed by atoms with Crippen LogP contribution in [0.5, 0.6) is 0 Å². The Labute approximate surface area is 103 Å². The summed E-state index contributed by atoms with van der Waals surface area (Å²) < 4.78 is 0. The fraction of sp³-hybridized carbons (Fsp3) is 0.125. The minimum absolute atomic E-state index is 0.930. The lowest BCUT2D eigenvalue weighted by molar-refractivity contribution is 1.42. The zero-order valence-electron chi connectivity index (χ0n) is 10.3. The van der Waals surface area contributed by atoms with Crippen LogP contribution in [0.3, 0.4) is 0 Å².